The minimum atomic E-state index is -0.980. The molecule has 3 rings (SSSR count). The van der Waals surface area contributed by atoms with E-state index in [-0.39, 0.29) is 42.6 Å². The molecule has 1 fully saturated rings. The molecule has 2 aromatic carbocycles. The zero-order chi connectivity index (χ0) is 25.9. The Morgan fingerprint density at radius 2 is 1.73 bits per heavy atom. The molecule has 1 heterocycles. The summed E-state index contributed by atoms with van der Waals surface area (Å²) in [6, 6.07) is 17.4. The highest BCUT2D eigenvalue weighted by atomic mass is 35.5. The van der Waals surface area contributed by atoms with Crippen molar-refractivity contribution in [3.63, 3.8) is 0 Å². The van der Waals surface area contributed by atoms with Crippen molar-refractivity contribution >= 4 is 41.8 Å². The SMILES string of the molecule is Cl.NC(N)=Nc1cccc(CCCC(=O)NC[C@@H]2C[C@@H](CC(=O)O)C(=O)N2CCCc2ccccc2)c1. The van der Waals surface area contributed by atoms with Crippen molar-refractivity contribution in [2.24, 2.45) is 22.4 Å². The number of rotatable bonds is 13. The number of benzene rings is 2. The fourth-order valence-electron chi connectivity index (χ4n) is 4.64. The fraction of sp³-hybridized carbons (Fsp3) is 0.407. The lowest BCUT2D eigenvalue weighted by molar-refractivity contribution is -0.142. The third-order valence-electron chi connectivity index (χ3n) is 6.33. The average Bonchev–Trinajstić information content (AvgIpc) is 3.12. The Labute approximate surface area is 223 Å². The largest absolute Gasteiger partial charge is 0.481 e. The van der Waals surface area contributed by atoms with Gasteiger partial charge in [-0.25, -0.2) is 4.99 Å². The van der Waals surface area contributed by atoms with Gasteiger partial charge in [0.15, 0.2) is 5.96 Å². The van der Waals surface area contributed by atoms with E-state index in [9.17, 15) is 19.5 Å². The van der Waals surface area contributed by atoms with Gasteiger partial charge in [-0.1, -0.05) is 42.5 Å². The number of carboxylic acids is 1. The lowest BCUT2D eigenvalue weighted by Crippen LogP contribution is -2.42. The maximum Gasteiger partial charge on any atom is 0.304 e. The molecule has 0 aliphatic carbocycles. The summed E-state index contributed by atoms with van der Waals surface area (Å²) >= 11 is 0. The number of guanidine groups is 1. The van der Waals surface area contributed by atoms with Crippen LogP contribution in [0.2, 0.25) is 0 Å². The van der Waals surface area contributed by atoms with Crippen LogP contribution < -0.4 is 16.8 Å². The van der Waals surface area contributed by atoms with Crippen LogP contribution in [0.25, 0.3) is 0 Å². The van der Waals surface area contributed by atoms with Crippen LogP contribution in [0.5, 0.6) is 0 Å². The lowest BCUT2D eigenvalue weighted by atomic mass is 10.0. The van der Waals surface area contributed by atoms with E-state index in [1.807, 2.05) is 54.6 Å². The quantitative estimate of drug-likeness (QED) is 0.231. The van der Waals surface area contributed by atoms with Gasteiger partial charge >= 0.3 is 5.97 Å². The van der Waals surface area contributed by atoms with Crippen LogP contribution in [0, 0.1) is 5.92 Å². The van der Waals surface area contributed by atoms with E-state index in [1.165, 1.54) is 5.56 Å². The van der Waals surface area contributed by atoms with Gasteiger partial charge < -0.3 is 26.8 Å². The third-order valence-corrected chi connectivity index (χ3v) is 6.33. The monoisotopic (exact) mass is 529 g/mol. The van der Waals surface area contributed by atoms with Gasteiger partial charge in [-0.2, -0.15) is 0 Å². The number of likely N-dealkylation sites (tertiary alicyclic amines) is 1. The van der Waals surface area contributed by atoms with Crippen molar-refractivity contribution in [3.05, 3.63) is 65.7 Å². The van der Waals surface area contributed by atoms with E-state index in [1.54, 1.807) is 4.90 Å². The number of aryl methyl sites for hydroxylation is 2. The van der Waals surface area contributed by atoms with Crippen LogP contribution >= 0.6 is 12.4 Å². The first-order chi connectivity index (χ1) is 17.3. The number of nitrogens with zero attached hydrogens (tertiary/aromatic N) is 2. The van der Waals surface area contributed by atoms with Crippen molar-refractivity contribution in [2.45, 2.75) is 51.0 Å². The average molecular weight is 530 g/mol. The first kappa shape index (κ1) is 29.6. The highest BCUT2D eigenvalue weighted by molar-refractivity contribution is 5.86. The van der Waals surface area contributed by atoms with E-state index >= 15 is 0 Å². The van der Waals surface area contributed by atoms with Gasteiger partial charge in [-0.15, -0.1) is 12.4 Å². The van der Waals surface area contributed by atoms with Crippen molar-refractivity contribution in [1.29, 1.82) is 0 Å². The summed E-state index contributed by atoms with van der Waals surface area (Å²) in [6.07, 6.45) is 3.57. The Kier molecular flexibility index (Phi) is 11.9. The number of aliphatic carboxylic acids is 1. The van der Waals surface area contributed by atoms with Crippen LogP contribution in [-0.2, 0) is 27.2 Å². The summed E-state index contributed by atoms with van der Waals surface area (Å²) in [7, 11) is 0. The summed E-state index contributed by atoms with van der Waals surface area (Å²) in [5.74, 6) is -1.75. The second kappa shape index (κ2) is 14.8. The van der Waals surface area contributed by atoms with Gasteiger partial charge in [0.2, 0.25) is 11.8 Å². The molecule has 0 saturated carbocycles. The molecule has 0 spiro atoms. The van der Waals surface area contributed by atoms with Gasteiger partial charge in [0.05, 0.1) is 18.0 Å². The molecule has 1 aliphatic rings. The fourth-order valence-corrected chi connectivity index (χ4v) is 4.64. The van der Waals surface area contributed by atoms with E-state index in [0.717, 1.165) is 18.4 Å². The normalized spacial score (nSPS) is 16.6. The molecule has 0 aromatic heterocycles. The molecule has 1 aliphatic heterocycles. The molecule has 2 amide bonds. The number of aliphatic imine (C=N–C) groups is 1. The maximum absolute atomic E-state index is 12.9. The third kappa shape index (κ3) is 9.76. The van der Waals surface area contributed by atoms with E-state index in [2.05, 4.69) is 10.3 Å². The molecular weight excluding hydrogens is 494 g/mol. The number of carboxylic acid groups (broad SMARTS) is 1. The summed E-state index contributed by atoms with van der Waals surface area (Å²) < 4.78 is 0. The summed E-state index contributed by atoms with van der Waals surface area (Å²) in [5.41, 5.74) is 13.8. The van der Waals surface area contributed by atoms with Gasteiger partial charge in [0.1, 0.15) is 0 Å². The zero-order valence-electron chi connectivity index (χ0n) is 20.8. The number of carbonyl (C=O) groups is 3. The van der Waals surface area contributed by atoms with Crippen LogP contribution in [-0.4, -0.2) is 52.9 Å². The number of nitrogens with one attached hydrogen (secondary N) is 1. The molecule has 1 saturated heterocycles. The second-order valence-electron chi connectivity index (χ2n) is 9.17. The topological polar surface area (TPSA) is 151 Å². The van der Waals surface area contributed by atoms with E-state index < -0.39 is 11.9 Å². The van der Waals surface area contributed by atoms with Gasteiger partial charge in [-0.3, -0.25) is 14.4 Å². The number of hydrogen-bond donors (Lipinski definition) is 4. The van der Waals surface area contributed by atoms with Crippen LogP contribution in [0.15, 0.2) is 59.6 Å². The number of halogens is 1. The highest BCUT2D eigenvalue weighted by Gasteiger charge is 2.39. The Balaban J connectivity index is 0.00000481. The Bertz CT molecular complexity index is 1080. The van der Waals surface area contributed by atoms with E-state index in [0.29, 0.717) is 44.5 Å². The van der Waals surface area contributed by atoms with Crippen molar-refractivity contribution < 1.29 is 19.5 Å². The minimum absolute atomic E-state index is 0. The Morgan fingerprint density at radius 3 is 2.43 bits per heavy atom. The van der Waals surface area contributed by atoms with Crippen LogP contribution in [0.1, 0.15) is 43.2 Å². The molecular formula is C27H36ClN5O4. The highest BCUT2D eigenvalue weighted by Crippen LogP contribution is 2.27. The number of amides is 2. The van der Waals surface area contributed by atoms with Crippen LogP contribution in [0.4, 0.5) is 5.69 Å². The molecule has 2 atom stereocenters. The Hall–Kier alpha value is -3.59. The standard InChI is InChI=1S/C27H35N5O4.ClH/c28-27(29)31-22-12-4-9-20(15-22)10-5-13-24(33)30-18-23-16-21(17-25(34)35)26(36)32(23)14-6-11-19-7-2-1-3-8-19;/h1-4,7-9,12,15,21,23H,5-6,10-11,13-14,16-18H2,(H,30,33)(H,34,35)(H4,28,29,31);1H/t21-,23-;/m0./s1. The van der Waals surface area contributed by atoms with Crippen molar-refractivity contribution in [2.75, 3.05) is 13.1 Å². The Morgan fingerprint density at radius 1 is 1.03 bits per heavy atom. The minimum Gasteiger partial charge on any atom is -0.481 e. The molecule has 6 N–H and O–H groups in total. The number of carbonyl (C=O) groups excluding carboxylic acids is 2. The maximum atomic E-state index is 12.9. The molecule has 9 nitrogen and oxygen atoms in total. The second-order valence-corrected chi connectivity index (χ2v) is 9.17. The predicted octanol–water partition coefficient (Wildman–Crippen LogP) is 2.78. The number of nitrogens with two attached hydrogens (primary N) is 2. The smallest absolute Gasteiger partial charge is 0.304 e. The molecule has 0 unspecified atom stereocenters. The van der Waals surface area contributed by atoms with Gasteiger partial charge in [0, 0.05) is 25.6 Å². The predicted molar refractivity (Wildman–Crippen MR) is 146 cm³/mol. The molecule has 10 heteroatoms. The van der Waals surface area contributed by atoms with Crippen molar-refractivity contribution in [1.82, 2.24) is 10.2 Å². The summed E-state index contributed by atoms with van der Waals surface area (Å²) in [4.78, 5) is 42.4. The molecule has 0 radical (unpaired) electrons. The first-order valence-corrected chi connectivity index (χ1v) is 12.3. The van der Waals surface area contributed by atoms with Gasteiger partial charge in [-0.05, 0) is 55.4 Å². The van der Waals surface area contributed by atoms with Crippen molar-refractivity contribution in [3.8, 4) is 0 Å². The molecule has 200 valence electrons. The molecule has 0 bridgehead atoms. The van der Waals surface area contributed by atoms with E-state index in [4.69, 9.17) is 11.5 Å². The summed E-state index contributed by atoms with van der Waals surface area (Å²) in [6.45, 7) is 0.864. The molecule has 37 heavy (non-hydrogen) atoms. The lowest BCUT2D eigenvalue weighted by Gasteiger charge is -2.25. The van der Waals surface area contributed by atoms with Gasteiger partial charge in [0.25, 0.3) is 0 Å². The number of hydrogen-bond acceptors (Lipinski definition) is 4. The zero-order valence-corrected chi connectivity index (χ0v) is 21.7. The summed E-state index contributed by atoms with van der Waals surface area (Å²) in [5, 5.41) is 12.1. The first-order valence-electron chi connectivity index (χ1n) is 12.3. The molecule has 2 aromatic rings. The van der Waals surface area contributed by atoms with Crippen LogP contribution in [0.3, 0.4) is 0 Å².